The molecule has 0 aromatic heterocycles. The second-order valence-corrected chi connectivity index (χ2v) is 3.93. The van der Waals surface area contributed by atoms with Crippen molar-refractivity contribution in [3.05, 3.63) is 0 Å². The summed E-state index contributed by atoms with van der Waals surface area (Å²) in [6.45, 7) is 4.24. The first-order valence-electron chi connectivity index (χ1n) is 2.98. The van der Waals surface area contributed by atoms with Crippen LogP contribution < -0.4 is 0 Å². The highest BCUT2D eigenvalue weighted by molar-refractivity contribution is 7.19. The second-order valence-electron chi connectivity index (χ2n) is 2.66. The molecule has 0 heterocycles. The van der Waals surface area contributed by atoms with Crippen molar-refractivity contribution in [1.82, 2.24) is 0 Å². The Kier molecular flexibility index (Phi) is 2.57. The third-order valence-electron chi connectivity index (χ3n) is 1.74. The normalized spacial score (nSPS) is 19.3. The Hall–Kier alpha value is 0.290. The van der Waals surface area contributed by atoms with Crippen LogP contribution in [0.15, 0.2) is 0 Å². The monoisotopic (exact) mass is 154 g/mol. The molecule has 56 valence electrons. The number of hydrogen-bond donors (Lipinski definition) is 0. The first-order valence-corrected chi connectivity index (χ1v) is 3.55. The molecular formula is C6H13F2P. The summed E-state index contributed by atoms with van der Waals surface area (Å²) in [5.74, 6) is -2.59. The minimum atomic E-state index is -2.59. The fourth-order valence-electron chi connectivity index (χ4n) is 0.310. The molecule has 9 heavy (non-hydrogen) atoms. The highest BCUT2D eigenvalue weighted by Gasteiger charge is 2.40. The van der Waals surface area contributed by atoms with Gasteiger partial charge in [-0.2, -0.15) is 0 Å². The third-order valence-corrected chi connectivity index (χ3v) is 2.65. The molecule has 0 nitrogen and oxygen atoms in total. The summed E-state index contributed by atoms with van der Waals surface area (Å²) in [6.07, 6.45) is 0.473. The molecule has 0 N–H and O–H groups in total. The van der Waals surface area contributed by atoms with Gasteiger partial charge in [-0.15, -0.1) is 9.24 Å². The van der Waals surface area contributed by atoms with Crippen LogP contribution in [-0.4, -0.2) is 11.1 Å². The van der Waals surface area contributed by atoms with E-state index < -0.39 is 11.1 Å². The van der Waals surface area contributed by atoms with Gasteiger partial charge in [-0.05, 0) is 6.42 Å². The molecule has 0 aliphatic carbocycles. The molecule has 0 aromatic carbocycles. The molecule has 0 bridgehead atoms. The predicted octanol–water partition coefficient (Wildman–Crippen LogP) is 2.69. The summed E-state index contributed by atoms with van der Waals surface area (Å²) in [5.41, 5.74) is 0. The van der Waals surface area contributed by atoms with Crippen molar-refractivity contribution in [2.24, 2.45) is 0 Å². The molecule has 0 saturated heterocycles. The van der Waals surface area contributed by atoms with Crippen LogP contribution in [0.3, 0.4) is 0 Å². The highest BCUT2D eigenvalue weighted by Crippen LogP contribution is 2.38. The third kappa shape index (κ3) is 2.17. The number of halogens is 2. The van der Waals surface area contributed by atoms with E-state index in [1.165, 1.54) is 6.92 Å². The maximum atomic E-state index is 12.5. The molecule has 0 saturated carbocycles. The van der Waals surface area contributed by atoms with Crippen molar-refractivity contribution in [2.75, 3.05) is 0 Å². The Bertz CT molecular complexity index is 93.7. The van der Waals surface area contributed by atoms with Gasteiger partial charge in [-0.3, -0.25) is 0 Å². The van der Waals surface area contributed by atoms with Gasteiger partial charge in [0.05, 0.1) is 0 Å². The van der Waals surface area contributed by atoms with Gasteiger partial charge in [0.2, 0.25) is 0 Å². The summed E-state index contributed by atoms with van der Waals surface area (Å²) in [7, 11) is 2.19. The zero-order valence-corrected chi connectivity index (χ0v) is 7.20. The van der Waals surface area contributed by atoms with Crippen LogP contribution >= 0.6 is 9.24 Å². The van der Waals surface area contributed by atoms with E-state index in [1.54, 1.807) is 6.92 Å². The van der Waals surface area contributed by atoms with Gasteiger partial charge in [0, 0.05) is 12.1 Å². The van der Waals surface area contributed by atoms with Crippen molar-refractivity contribution in [3.8, 4) is 0 Å². The van der Waals surface area contributed by atoms with Crippen LogP contribution in [-0.2, 0) is 0 Å². The molecule has 0 aliphatic rings. The standard InChI is InChI=1S/C6H13F2P/c1-4-5(2,9)6(3,7)8/h4,9H2,1-3H3. The molecule has 2 unspecified atom stereocenters. The number of rotatable bonds is 2. The van der Waals surface area contributed by atoms with Crippen LogP contribution in [0.1, 0.15) is 27.2 Å². The minimum Gasteiger partial charge on any atom is -0.206 e. The fraction of sp³-hybridized carbons (Fsp3) is 1.00. The van der Waals surface area contributed by atoms with Gasteiger partial charge in [-0.25, -0.2) is 8.78 Å². The molecule has 0 spiro atoms. The van der Waals surface area contributed by atoms with Gasteiger partial charge in [0.15, 0.2) is 0 Å². The van der Waals surface area contributed by atoms with E-state index in [1.807, 2.05) is 0 Å². The molecule has 3 heteroatoms. The quantitative estimate of drug-likeness (QED) is 0.536. The van der Waals surface area contributed by atoms with E-state index in [2.05, 4.69) is 9.24 Å². The second kappa shape index (κ2) is 2.49. The van der Waals surface area contributed by atoms with Crippen molar-refractivity contribution < 1.29 is 8.78 Å². The first-order chi connectivity index (χ1) is 3.81. The van der Waals surface area contributed by atoms with Gasteiger partial charge >= 0.3 is 0 Å². The van der Waals surface area contributed by atoms with Crippen LogP contribution in [0.5, 0.6) is 0 Å². The lowest BCUT2D eigenvalue weighted by atomic mass is 10.0. The molecule has 0 rings (SSSR count). The summed E-state index contributed by atoms with van der Waals surface area (Å²) < 4.78 is 25.0. The summed E-state index contributed by atoms with van der Waals surface area (Å²) in [4.78, 5) is 0. The lowest BCUT2D eigenvalue weighted by Gasteiger charge is -2.29. The largest absolute Gasteiger partial charge is 0.253 e. The molecule has 0 aliphatic heterocycles. The maximum Gasteiger partial charge on any atom is 0.253 e. The van der Waals surface area contributed by atoms with Crippen molar-refractivity contribution in [1.29, 1.82) is 0 Å². The van der Waals surface area contributed by atoms with E-state index in [0.29, 0.717) is 6.42 Å². The van der Waals surface area contributed by atoms with Gasteiger partial charge in [0.25, 0.3) is 5.92 Å². The Morgan fingerprint density at radius 3 is 1.67 bits per heavy atom. The maximum absolute atomic E-state index is 12.5. The average Bonchev–Trinajstić information content (AvgIpc) is 1.64. The summed E-state index contributed by atoms with van der Waals surface area (Å²) in [5, 5.41) is -0.938. The van der Waals surface area contributed by atoms with Crippen LogP contribution in [0.25, 0.3) is 0 Å². The topological polar surface area (TPSA) is 0 Å². The average molecular weight is 154 g/mol. The highest BCUT2D eigenvalue weighted by atomic mass is 31.0. The molecule has 0 aromatic rings. The molecule has 0 amide bonds. The predicted molar refractivity (Wildman–Crippen MR) is 39.0 cm³/mol. The van der Waals surface area contributed by atoms with Crippen molar-refractivity contribution in [2.45, 2.75) is 38.3 Å². The van der Waals surface area contributed by atoms with Gasteiger partial charge < -0.3 is 0 Å². The van der Waals surface area contributed by atoms with E-state index in [0.717, 1.165) is 6.92 Å². The van der Waals surface area contributed by atoms with E-state index in [-0.39, 0.29) is 0 Å². The van der Waals surface area contributed by atoms with Crippen LogP contribution in [0, 0.1) is 0 Å². The van der Waals surface area contributed by atoms with Crippen molar-refractivity contribution in [3.63, 3.8) is 0 Å². The first kappa shape index (κ1) is 9.29. The Labute approximate surface area is 57.2 Å². The molecule has 0 fully saturated rings. The van der Waals surface area contributed by atoms with E-state index in [4.69, 9.17) is 0 Å². The molecular weight excluding hydrogens is 141 g/mol. The molecule has 0 radical (unpaired) electrons. The summed E-state index contributed by atoms with van der Waals surface area (Å²) >= 11 is 0. The summed E-state index contributed by atoms with van der Waals surface area (Å²) in [6, 6.07) is 0. The van der Waals surface area contributed by atoms with Crippen molar-refractivity contribution >= 4 is 9.24 Å². The SMILES string of the molecule is CCC(C)(P)C(C)(F)F. The van der Waals surface area contributed by atoms with E-state index >= 15 is 0 Å². The van der Waals surface area contributed by atoms with E-state index in [9.17, 15) is 8.78 Å². The lowest BCUT2D eigenvalue weighted by molar-refractivity contribution is -0.0164. The number of alkyl halides is 2. The zero-order valence-electron chi connectivity index (χ0n) is 6.04. The minimum absolute atomic E-state index is 0.473. The fourth-order valence-corrected chi connectivity index (χ4v) is 0.310. The lowest BCUT2D eigenvalue weighted by Crippen LogP contribution is -2.36. The van der Waals surface area contributed by atoms with Gasteiger partial charge in [-0.1, -0.05) is 13.8 Å². The molecule has 2 atom stereocenters. The van der Waals surface area contributed by atoms with Gasteiger partial charge in [0.1, 0.15) is 0 Å². The van der Waals surface area contributed by atoms with Crippen LogP contribution in [0.4, 0.5) is 8.78 Å². The smallest absolute Gasteiger partial charge is 0.206 e. The Morgan fingerprint density at radius 1 is 1.33 bits per heavy atom. The van der Waals surface area contributed by atoms with Crippen LogP contribution in [0.2, 0.25) is 0 Å². The number of hydrogen-bond acceptors (Lipinski definition) is 0. The Morgan fingerprint density at radius 2 is 1.67 bits per heavy atom. The Balaban J connectivity index is 4.14. The zero-order chi connectivity index (χ0) is 7.71.